The molecule has 0 aliphatic carbocycles. The van der Waals surface area contributed by atoms with E-state index >= 15 is 0 Å². The van der Waals surface area contributed by atoms with Crippen molar-refractivity contribution < 1.29 is 21.4 Å². The Bertz CT molecular complexity index is 454. The average molecular weight is 396 g/mol. The van der Waals surface area contributed by atoms with Gasteiger partial charge in [0.2, 0.25) is 0 Å². The first-order valence-corrected chi connectivity index (χ1v) is 10.3. The molecular formula is C19H38O4P2. The first-order chi connectivity index (χ1) is 12.3. The van der Waals surface area contributed by atoms with E-state index in [4.69, 9.17) is 18.5 Å². The smallest absolute Gasteiger partial charge is 0.125 e. The third-order valence-electron chi connectivity index (χ3n) is 4.04. The molecule has 25 heavy (non-hydrogen) atoms. The molecule has 0 N–H and O–H groups in total. The van der Waals surface area contributed by atoms with E-state index in [0.717, 1.165) is 57.0 Å². The van der Waals surface area contributed by atoms with Crippen LogP contribution in [-0.2, 0) is 15.9 Å². The molecule has 0 aliphatic rings. The molecule has 0 radical (unpaired) electrons. The van der Waals surface area contributed by atoms with Gasteiger partial charge in [0.1, 0.15) is 11.5 Å². The lowest BCUT2D eigenvalue weighted by Crippen LogP contribution is -2.06. The van der Waals surface area contributed by atoms with Crippen LogP contribution in [0.1, 0.15) is 60.3 Å². The lowest BCUT2D eigenvalue weighted by atomic mass is 10.0. The minimum Gasteiger partial charge on any atom is -0.480 e. The van der Waals surface area contributed by atoms with Crippen LogP contribution in [0.4, 0.5) is 0 Å². The predicted octanol–water partition coefficient (Wildman–Crippen LogP) is 5.84. The molecule has 0 bridgehead atoms. The van der Waals surface area contributed by atoms with E-state index in [1.54, 1.807) is 0 Å². The Morgan fingerprint density at radius 2 is 1.48 bits per heavy atom. The summed E-state index contributed by atoms with van der Waals surface area (Å²) in [4.78, 5) is 0. The summed E-state index contributed by atoms with van der Waals surface area (Å²) in [5.41, 5.74) is 1.19. The van der Waals surface area contributed by atoms with Crippen LogP contribution in [0.15, 0.2) is 18.2 Å². The molecule has 1 rings (SSSR count). The van der Waals surface area contributed by atoms with Gasteiger partial charge in [0.25, 0.3) is 0 Å². The summed E-state index contributed by atoms with van der Waals surface area (Å²) in [5, 5.41) is 0. The molecule has 2 unspecified atom stereocenters. The molecule has 148 valence electrons. The van der Waals surface area contributed by atoms with Gasteiger partial charge in [-0.1, -0.05) is 32.6 Å². The van der Waals surface area contributed by atoms with E-state index in [1.807, 2.05) is 18.2 Å². The Morgan fingerprint density at radius 1 is 0.800 bits per heavy atom. The summed E-state index contributed by atoms with van der Waals surface area (Å²) in [5.74, 6) is 1.74. The lowest BCUT2D eigenvalue weighted by Gasteiger charge is -2.10. The van der Waals surface area contributed by atoms with Gasteiger partial charge < -0.3 is 18.5 Å². The molecule has 0 heterocycles. The van der Waals surface area contributed by atoms with E-state index in [0.29, 0.717) is 6.61 Å². The summed E-state index contributed by atoms with van der Waals surface area (Å²) in [6.07, 6.45) is 9.28. The summed E-state index contributed by atoms with van der Waals surface area (Å²) in [7, 11) is 4.59. The standard InChI is InChI=1S/C19H34O4P2.2H2/c1-2-3-7-12-20-14-15-21-13-8-5-4-6-9-17-16-18(22-24)10-11-19(17)23-25;;/h10-11,16H,2-9,12-15,24-25H2,1H3;2*1H/i;2*1+2. The number of rotatable bonds is 16. The summed E-state index contributed by atoms with van der Waals surface area (Å²) >= 11 is 0. The van der Waals surface area contributed by atoms with Crippen molar-refractivity contribution in [3.63, 3.8) is 0 Å². The topological polar surface area (TPSA) is 36.9 Å². The third-order valence-corrected chi connectivity index (χ3v) is 4.57. The maximum Gasteiger partial charge on any atom is 0.125 e. The molecule has 1 aromatic rings. The Morgan fingerprint density at radius 3 is 2.12 bits per heavy atom. The molecule has 0 saturated heterocycles. The van der Waals surface area contributed by atoms with Gasteiger partial charge in [-0.25, -0.2) is 0 Å². The summed E-state index contributed by atoms with van der Waals surface area (Å²) in [6.45, 7) is 5.32. The monoisotopic (exact) mass is 396 g/mol. The highest BCUT2D eigenvalue weighted by Gasteiger charge is 2.05. The molecule has 2 atom stereocenters. The van der Waals surface area contributed by atoms with Crippen molar-refractivity contribution in [2.24, 2.45) is 0 Å². The van der Waals surface area contributed by atoms with Crippen molar-refractivity contribution >= 4 is 18.9 Å². The normalized spacial score (nSPS) is 10.8. The van der Waals surface area contributed by atoms with Crippen molar-refractivity contribution in [3.8, 4) is 11.5 Å². The Kier molecular flexibility index (Phi) is 14.3. The van der Waals surface area contributed by atoms with Crippen LogP contribution in [0, 0.1) is 0 Å². The van der Waals surface area contributed by atoms with Crippen LogP contribution < -0.4 is 9.05 Å². The lowest BCUT2D eigenvalue weighted by molar-refractivity contribution is 0.0449. The second-order valence-corrected chi connectivity index (χ2v) is 6.57. The molecule has 4 nitrogen and oxygen atoms in total. The number of ether oxygens (including phenoxy) is 2. The second kappa shape index (κ2) is 15.8. The van der Waals surface area contributed by atoms with Crippen molar-refractivity contribution in [3.05, 3.63) is 23.8 Å². The largest absolute Gasteiger partial charge is 0.480 e. The minimum atomic E-state index is 0. The first-order valence-electron chi connectivity index (χ1n) is 9.33. The SMILES string of the molecule is CCCCCOCCOCCCCCCc1cc(OP)ccc1OP.[3HH].[3HH]. The van der Waals surface area contributed by atoms with Gasteiger partial charge in [0, 0.05) is 16.1 Å². The van der Waals surface area contributed by atoms with Crippen molar-refractivity contribution in [1.29, 1.82) is 0 Å². The Balaban J connectivity index is 0. The molecule has 6 heteroatoms. The molecule has 1 aromatic carbocycles. The van der Waals surface area contributed by atoms with Gasteiger partial charge in [0.05, 0.1) is 32.1 Å². The van der Waals surface area contributed by atoms with Crippen molar-refractivity contribution in [2.75, 3.05) is 26.4 Å². The molecular weight excluding hydrogens is 354 g/mol. The molecule has 0 aromatic heterocycles. The molecule has 0 fully saturated rings. The predicted molar refractivity (Wildman–Crippen MR) is 115 cm³/mol. The highest BCUT2D eigenvalue weighted by atomic mass is 31.0. The van der Waals surface area contributed by atoms with Crippen LogP contribution in [0.2, 0.25) is 0 Å². The maximum atomic E-state index is 5.61. The summed E-state index contributed by atoms with van der Waals surface area (Å²) < 4.78 is 21.7. The van der Waals surface area contributed by atoms with E-state index in [1.165, 1.54) is 31.2 Å². The molecule has 0 amide bonds. The highest BCUT2D eigenvalue weighted by molar-refractivity contribution is 7.10. The van der Waals surface area contributed by atoms with Gasteiger partial charge >= 0.3 is 0 Å². The number of benzene rings is 1. The van der Waals surface area contributed by atoms with Gasteiger partial charge in [-0.05, 0) is 49.4 Å². The number of hydrogen-bond acceptors (Lipinski definition) is 4. The van der Waals surface area contributed by atoms with E-state index < -0.39 is 0 Å². The van der Waals surface area contributed by atoms with Gasteiger partial charge in [-0.15, -0.1) is 0 Å². The van der Waals surface area contributed by atoms with Crippen LogP contribution in [0.25, 0.3) is 0 Å². The van der Waals surface area contributed by atoms with Crippen molar-refractivity contribution in [1.82, 2.24) is 0 Å². The fourth-order valence-electron chi connectivity index (χ4n) is 2.59. The van der Waals surface area contributed by atoms with E-state index in [9.17, 15) is 0 Å². The van der Waals surface area contributed by atoms with Gasteiger partial charge in [0.15, 0.2) is 0 Å². The number of aryl methyl sites for hydroxylation is 1. The molecule has 0 spiro atoms. The fraction of sp³-hybridized carbons (Fsp3) is 0.684. The zero-order valence-electron chi connectivity index (χ0n) is 15.5. The first kappa shape index (κ1) is 22.6. The third kappa shape index (κ3) is 11.0. The minimum absolute atomic E-state index is 0. The molecule has 0 saturated carbocycles. The quantitative estimate of drug-likeness (QED) is 0.260. The average Bonchev–Trinajstić information content (AvgIpc) is 2.65. The Hall–Kier alpha value is -0.400. The fourth-order valence-corrected chi connectivity index (χ4v) is 2.97. The highest BCUT2D eigenvalue weighted by Crippen LogP contribution is 2.28. The van der Waals surface area contributed by atoms with Crippen LogP contribution >= 0.6 is 18.9 Å². The second-order valence-electron chi connectivity index (χ2n) is 6.10. The van der Waals surface area contributed by atoms with Crippen LogP contribution in [0.5, 0.6) is 11.5 Å². The maximum absolute atomic E-state index is 5.61. The van der Waals surface area contributed by atoms with E-state index in [-0.39, 0.29) is 2.85 Å². The van der Waals surface area contributed by atoms with E-state index in [2.05, 4.69) is 25.9 Å². The summed E-state index contributed by atoms with van der Waals surface area (Å²) in [6, 6.07) is 5.89. The van der Waals surface area contributed by atoms with Gasteiger partial charge in [-0.3, -0.25) is 0 Å². The van der Waals surface area contributed by atoms with Crippen LogP contribution in [-0.4, -0.2) is 26.4 Å². The molecule has 0 aliphatic heterocycles. The van der Waals surface area contributed by atoms with Crippen LogP contribution in [0.3, 0.4) is 0 Å². The zero-order valence-corrected chi connectivity index (χ0v) is 17.8. The number of hydrogen-bond donors (Lipinski definition) is 0. The number of unbranched alkanes of at least 4 members (excludes halogenated alkanes) is 5. The van der Waals surface area contributed by atoms with Crippen molar-refractivity contribution in [2.45, 2.75) is 58.3 Å². The van der Waals surface area contributed by atoms with Gasteiger partial charge in [-0.2, -0.15) is 0 Å². The Labute approximate surface area is 160 Å². The zero-order chi connectivity index (χ0) is 18.2.